The molecule has 0 fully saturated rings. The van der Waals surface area contributed by atoms with Crippen molar-refractivity contribution in [2.24, 2.45) is 0 Å². The van der Waals surface area contributed by atoms with Gasteiger partial charge in [-0.05, 0) is 18.1 Å². The molecule has 0 spiro atoms. The van der Waals surface area contributed by atoms with Crippen LogP contribution in [0.3, 0.4) is 0 Å². The number of hydrogen-bond donors (Lipinski definition) is 0. The van der Waals surface area contributed by atoms with Crippen LogP contribution in [0.1, 0.15) is 11.1 Å². The second-order valence-electron chi connectivity index (χ2n) is 2.28. The van der Waals surface area contributed by atoms with E-state index in [4.69, 9.17) is 11.6 Å². The maximum Gasteiger partial charge on any atom is 0.124 e. The summed E-state index contributed by atoms with van der Waals surface area (Å²) in [4.78, 5) is 14.0. The van der Waals surface area contributed by atoms with Crippen LogP contribution in [0.2, 0.25) is 5.02 Å². The van der Waals surface area contributed by atoms with Crippen LogP contribution in [-0.2, 0) is 11.2 Å². The molecule has 0 aliphatic heterocycles. The number of rotatable bonds is 2. The number of aromatic nitrogens is 1. The third-order valence-corrected chi connectivity index (χ3v) is 1.94. The number of nitrogens with zero attached hydrogens (tertiary/aromatic N) is 1. The Labute approximate surface area is 70.2 Å². The molecule has 0 N–H and O–H groups in total. The van der Waals surface area contributed by atoms with E-state index in [0.29, 0.717) is 11.4 Å². The predicted molar refractivity (Wildman–Crippen MR) is 43.8 cm³/mol. The highest BCUT2D eigenvalue weighted by Gasteiger charge is 2.00. The smallest absolute Gasteiger partial charge is 0.124 e. The number of hydrogen-bond acceptors (Lipinski definition) is 2. The Morgan fingerprint density at radius 3 is 3.00 bits per heavy atom. The van der Waals surface area contributed by atoms with Crippen LogP contribution in [0.5, 0.6) is 0 Å². The molecule has 0 unspecified atom stereocenters. The van der Waals surface area contributed by atoms with E-state index in [-0.39, 0.29) is 0 Å². The third-order valence-electron chi connectivity index (χ3n) is 1.56. The van der Waals surface area contributed by atoms with Gasteiger partial charge in [-0.15, -0.1) is 0 Å². The van der Waals surface area contributed by atoms with Gasteiger partial charge in [0.1, 0.15) is 6.29 Å². The van der Waals surface area contributed by atoms with Crippen molar-refractivity contribution in [1.29, 1.82) is 0 Å². The zero-order valence-corrected chi connectivity index (χ0v) is 6.93. The fourth-order valence-electron chi connectivity index (χ4n) is 0.835. The van der Waals surface area contributed by atoms with Gasteiger partial charge in [-0.1, -0.05) is 11.6 Å². The minimum absolute atomic E-state index is 0.388. The highest BCUT2D eigenvalue weighted by atomic mass is 35.5. The van der Waals surface area contributed by atoms with Crippen molar-refractivity contribution in [2.75, 3.05) is 0 Å². The Morgan fingerprint density at radius 1 is 1.64 bits per heavy atom. The predicted octanol–water partition coefficient (Wildman–Crippen LogP) is 1.78. The first-order valence-electron chi connectivity index (χ1n) is 3.28. The van der Waals surface area contributed by atoms with E-state index in [1.54, 1.807) is 12.4 Å². The van der Waals surface area contributed by atoms with Crippen LogP contribution in [0.4, 0.5) is 0 Å². The van der Waals surface area contributed by atoms with Gasteiger partial charge in [0.15, 0.2) is 0 Å². The molecule has 0 aliphatic rings. The lowest BCUT2D eigenvalue weighted by Gasteiger charge is -2.01. The lowest BCUT2D eigenvalue weighted by molar-refractivity contribution is -0.107. The average molecular weight is 170 g/mol. The summed E-state index contributed by atoms with van der Waals surface area (Å²) >= 11 is 5.77. The van der Waals surface area contributed by atoms with Gasteiger partial charge in [-0.2, -0.15) is 0 Å². The zero-order chi connectivity index (χ0) is 8.27. The van der Waals surface area contributed by atoms with E-state index in [1.165, 1.54) is 0 Å². The van der Waals surface area contributed by atoms with Gasteiger partial charge in [0, 0.05) is 18.8 Å². The van der Waals surface area contributed by atoms with Crippen molar-refractivity contribution < 1.29 is 4.79 Å². The molecule has 0 radical (unpaired) electrons. The highest BCUT2D eigenvalue weighted by Crippen LogP contribution is 2.16. The fraction of sp³-hybridized carbons (Fsp3) is 0.250. The van der Waals surface area contributed by atoms with E-state index in [1.807, 2.05) is 6.92 Å². The summed E-state index contributed by atoms with van der Waals surface area (Å²) in [5, 5.41) is 0.615. The maximum absolute atomic E-state index is 10.2. The molecule has 0 aliphatic carbocycles. The molecule has 2 nitrogen and oxygen atoms in total. The van der Waals surface area contributed by atoms with Gasteiger partial charge in [0.2, 0.25) is 0 Å². The summed E-state index contributed by atoms with van der Waals surface area (Å²) in [5.74, 6) is 0. The summed E-state index contributed by atoms with van der Waals surface area (Å²) in [7, 11) is 0. The zero-order valence-electron chi connectivity index (χ0n) is 6.17. The van der Waals surface area contributed by atoms with Gasteiger partial charge in [0.05, 0.1) is 5.02 Å². The van der Waals surface area contributed by atoms with Crippen molar-refractivity contribution in [2.45, 2.75) is 13.3 Å². The van der Waals surface area contributed by atoms with Gasteiger partial charge in [0.25, 0.3) is 0 Å². The monoisotopic (exact) mass is 169 g/mol. The third kappa shape index (κ3) is 1.77. The van der Waals surface area contributed by atoms with Gasteiger partial charge in [-0.3, -0.25) is 4.98 Å². The largest absolute Gasteiger partial charge is 0.303 e. The second-order valence-corrected chi connectivity index (χ2v) is 2.68. The summed E-state index contributed by atoms with van der Waals surface area (Å²) < 4.78 is 0. The first-order valence-corrected chi connectivity index (χ1v) is 3.66. The molecule has 11 heavy (non-hydrogen) atoms. The second kappa shape index (κ2) is 3.49. The van der Waals surface area contributed by atoms with Crippen LogP contribution in [0.25, 0.3) is 0 Å². The van der Waals surface area contributed by atoms with E-state index < -0.39 is 0 Å². The van der Waals surface area contributed by atoms with Gasteiger partial charge < -0.3 is 4.79 Å². The normalized spacial score (nSPS) is 9.64. The Bertz CT molecular complexity index is 273. The number of pyridine rings is 1. The van der Waals surface area contributed by atoms with E-state index in [0.717, 1.165) is 17.4 Å². The Hall–Kier alpha value is -0.890. The molecular formula is C8H8ClNO. The Balaban J connectivity index is 3.05. The van der Waals surface area contributed by atoms with Crippen molar-refractivity contribution in [1.82, 2.24) is 4.98 Å². The van der Waals surface area contributed by atoms with Crippen molar-refractivity contribution >= 4 is 17.9 Å². The Kier molecular flexibility index (Phi) is 2.60. The molecule has 1 heterocycles. The van der Waals surface area contributed by atoms with Crippen molar-refractivity contribution in [3.05, 3.63) is 28.5 Å². The van der Waals surface area contributed by atoms with Crippen molar-refractivity contribution in [3.63, 3.8) is 0 Å². The van der Waals surface area contributed by atoms with Crippen molar-refractivity contribution in [3.8, 4) is 0 Å². The summed E-state index contributed by atoms with van der Waals surface area (Å²) in [6.07, 6.45) is 4.47. The molecule has 3 heteroatoms. The Morgan fingerprint density at radius 2 is 2.36 bits per heavy atom. The topological polar surface area (TPSA) is 30.0 Å². The maximum atomic E-state index is 10.2. The molecule has 0 saturated heterocycles. The fourth-order valence-corrected chi connectivity index (χ4v) is 1.01. The number of carbonyl (C=O) groups is 1. The molecule has 0 saturated carbocycles. The molecule has 1 rings (SSSR count). The molecule has 0 bridgehead atoms. The first-order chi connectivity index (χ1) is 5.25. The van der Waals surface area contributed by atoms with Crippen LogP contribution >= 0.6 is 11.6 Å². The molecule has 1 aromatic rings. The summed E-state index contributed by atoms with van der Waals surface area (Å²) in [6, 6.07) is 0. The number of aldehydes is 1. The molecule has 0 atom stereocenters. The lowest BCUT2D eigenvalue weighted by atomic mass is 10.1. The summed E-state index contributed by atoms with van der Waals surface area (Å²) in [6.45, 7) is 1.88. The minimum Gasteiger partial charge on any atom is -0.303 e. The summed E-state index contributed by atoms with van der Waals surface area (Å²) in [5.41, 5.74) is 1.83. The minimum atomic E-state index is 0.388. The van der Waals surface area contributed by atoms with E-state index in [2.05, 4.69) is 4.98 Å². The highest BCUT2D eigenvalue weighted by molar-refractivity contribution is 6.31. The lowest BCUT2D eigenvalue weighted by Crippen LogP contribution is -1.92. The van der Waals surface area contributed by atoms with E-state index in [9.17, 15) is 4.79 Å². The van der Waals surface area contributed by atoms with Crippen LogP contribution < -0.4 is 0 Å². The van der Waals surface area contributed by atoms with Crippen LogP contribution in [-0.4, -0.2) is 11.3 Å². The number of carbonyl (C=O) groups excluding carboxylic acids is 1. The average Bonchev–Trinajstić information content (AvgIpc) is 1.99. The van der Waals surface area contributed by atoms with Gasteiger partial charge in [-0.25, -0.2) is 0 Å². The quantitative estimate of drug-likeness (QED) is 0.632. The first kappa shape index (κ1) is 8.21. The van der Waals surface area contributed by atoms with Crippen LogP contribution in [0.15, 0.2) is 12.4 Å². The standard InChI is InChI=1S/C8H8ClNO/c1-6-7(2-3-11)4-10-5-8(6)9/h3-5H,2H2,1H3. The van der Waals surface area contributed by atoms with Gasteiger partial charge >= 0.3 is 0 Å². The SMILES string of the molecule is Cc1c(Cl)cncc1CC=O. The van der Waals surface area contributed by atoms with Crippen LogP contribution in [0, 0.1) is 6.92 Å². The van der Waals surface area contributed by atoms with E-state index >= 15 is 0 Å². The molecule has 58 valence electrons. The number of halogens is 1. The molecule has 0 aromatic carbocycles. The molecule has 1 aromatic heterocycles. The molecule has 0 amide bonds. The molecular weight excluding hydrogens is 162 g/mol.